The number of fused-ring (bicyclic) bond motifs is 1. The number of nitrogens with zero attached hydrogens (tertiary/aromatic N) is 1. The van der Waals surface area contributed by atoms with E-state index >= 15 is 0 Å². The molecule has 136 valence electrons. The fourth-order valence-corrected chi connectivity index (χ4v) is 3.34. The SMILES string of the molecule is COc1ccc2[nH]c(C(=O)N[C@H]3COC[C@H]3Cc3cc(C)no3)cc2c1. The Balaban J connectivity index is 1.46. The molecule has 1 amide bonds. The molecule has 2 N–H and O–H groups in total. The molecule has 1 aromatic carbocycles. The summed E-state index contributed by atoms with van der Waals surface area (Å²) in [5.74, 6) is 1.59. The predicted molar refractivity (Wildman–Crippen MR) is 95.4 cm³/mol. The molecule has 0 saturated carbocycles. The summed E-state index contributed by atoms with van der Waals surface area (Å²) in [6, 6.07) is 9.35. The van der Waals surface area contributed by atoms with Crippen LogP contribution in [0.2, 0.25) is 0 Å². The minimum absolute atomic E-state index is 0.0612. The number of rotatable bonds is 5. The fraction of sp³-hybridized carbons (Fsp3) is 0.368. The van der Waals surface area contributed by atoms with E-state index in [4.69, 9.17) is 14.0 Å². The number of hydrogen-bond acceptors (Lipinski definition) is 5. The number of carbonyl (C=O) groups is 1. The highest BCUT2D eigenvalue weighted by Crippen LogP contribution is 2.23. The summed E-state index contributed by atoms with van der Waals surface area (Å²) in [4.78, 5) is 15.8. The Bertz CT molecular complexity index is 930. The van der Waals surface area contributed by atoms with Crippen LogP contribution < -0.4 is 10.1 Å². The van der Waals surface area contributed by atoms with E-state index in [1.807, 2.05) is 37.3 Å². The summed E-state index contributed by atoms with van der Waals surface area (Å²) < 4.78 is 16.1. The van der Waals surface area contributed by atoms with E-state index in [9.17, 15) is 4.79 Å². The second-order valence-electron chi connectivity index (χ2n) is 6.65. The molecular weight excluding hydrogens is 334 g/mol. The lowest BCUT2D eigenvalue weighted by atomic mass is 9.98. The quantitative estimate of drug-likeness (QED) is 0.734. The summed E-state index contributed by atoms with van der Waals surface area (Å²) in [5, 5.41) is 7.92. The van der Waals surface area contributed by atoms with Gasteiger partial charge in [0, 0.05) is 29.3 Å². The van der Waals surface area contributed by atoms with Crippen LogP contribution >= 0.6 is 0 Å². The van der Waals surface area contributed by atoms with Gasteiger partial charge in [-0.25, -0.2) is 0 Å². The van der Waals surface area contributed by atoms with Crippen molar-refractivity contribution in [2.75, 3.05) is 20.3 Å². The van der Waals surface area contributed by atoms with Gasteiger partial charge in [0.15, 0.2) is 0 Å². The molecular formula is C19H21N3O4. The smallest absolute Gasteiger partial charge is 0.268 e. The van der Waals surface area contributed by atoms with Gasteiger partial charge >= 0.3 is 0 Å². The monoisotopic (exact) mass is 355 g/mol. The Morgan fingerprint density at radius 1 is 1.35 bits per heavy atom. The van der Waals surface area contributed by atoms with Crippen molar-refractivity contribution in [3.8, 4) is 5.75 Å². The maximum atomic E-state index is 12.7. The number of aromatic nitrogens is 2. The normalized spacial score (nSPS) is 19.8. The van der Waals surface area contributed by atoms with Gasteiger partial charge in [0.2, 0.25) is 0 Å². The first-order valence-electron chi connectivity index (χ1n) is 8.60. The molecule has 3 heterocycles. The molecule has 4 rings (SSSR count). The van der Waals surface area contributed by atoms with Crippen molar-refractivity contribution in [1.82, 2.24) is 15.5 Å². The van der Waals surface area contributed by atoms with Crippen LogP contribution in [0.4, 0.5) is 0 Å². The second-order valence-corrected chi connectivity index (χ2v) is 6.65. The number of ether oxygens (including phenoxy) is 2. The van der Waals surface area contributed by atoms with Crippen LogP contribution in [-0.2, 0) is 11.2 Å². The van der Waals surface area contributed by atoms with E-state index in [0.29, 0.717) is 25.3 Å². The molecule has 1 aliphatic heterocycles. The topological polar surface area (TPSA) is 89.4 Å². The zero-order valence-corrected chi connectivity index (χ0v) is 14.7. The number of amides is 1. The van der Waals surface area contributed by atoms with Gasteiger partial charge in [-0.2, -0.15) is 0 Å². The Morgan fingerprint density at radius 3 is 3.00 bits per heavy atom. The molecule has 26 heavy (non-hydrogen) atoms. The summed E-state index contributed by atoms with van der Waals surface area (Å²) in [7, 11) is 1.62. The van der Waals surface area contributed by atoms with Gasteiger partial charge in [-0.15, -0.1) is 0 Å². The Kier molecular flexibility index (Phi) is 4.38. The molecule has 1 aliphatic rings. The van der Waals surface area contributed by atoms with Gasteiger partial charge < -0.3 is 24.3 Å². The van der Waals surface area contributed by atoms with Gasteiger partial charge in [-0.3, -0.25) is 4.79 Å². The van der Waals surface area contributed by atoms with Gasteiger partial charge in [-0.1, -0.05) is 5.16 Å². The second kappa shape index (κ2) is 6.84. The van der Waals surface area contributed by atoms with E-state index in [-0.39, 0.29) is 17.9 Å². The highest BCUT2D eigenvalue weighted by molar-refractivity contribution is 5.98. The number of methoxy groups -OCH3 is 1. The Hall–Kier alpha value is -2.80. The number of benzene rings is 1. The average molecular weight is 355 g/mol. The first-order valence-corrected chi connectivity index (χ1v) is 8.60. The molecule has 3 aromatic rings. The van der Waals surface area contributed by atoms with Gasteiger partial charge in [0.05, 0.1) is 32.1 Å². The number of nitrogens with one attached hydrogen (secondary N) is 2. The number of carbonyl (C=O) groups excluding carboxylic acids is 1. The minimum Gasteiger partial charge on any atom is -0.497 e. The summed E-state index contributed by atoms with van der Waals surface area (Å²) in [6.07, 6.45) is 0.690. The Morgan fingerprint density at radius 2 is 2.23 bits per heavy atom. The van der Waals surface area contributed by atoms with Crippen LogP contribution in [0.5, 0.6) is 5.75 Å². The van der Waals surface area contributed by atoms with Crippen molar-refractivity contribution in [3.63, 3.8) is 0 Å². The lowest BCUT2D eigenvalue weighted by Crippen LogP contribution is -2.40. The van der Waals surface area contributed by atoms with Crippen LogP contribution in [0.3, 0.4) is 0 Å². The van der Waals surface area contributed by atoms with Crippen molar-refractivity contribution in [2.45, 2.75) is 19.4 Å². The minimum atomic E-state index is -0.144. The molecule has 1 fully saturated rings. The highest BCUT2D eigenvalue weighted by atomic mass is 16.5. The Labute approximate surface area is 150 Å². The number of aromatic amines is 1. The van der Waals surface area contributed by atoms with E-state index in [0.717, 1.165) is 28.1 Å². The van der Waals surface area contributed by atoms with Gasteiger partial charge in [0.25, 0.3) is 5.91 Å². The third-order valence-corrected chi connectivity index (χ3v) is 4.73. The van der Waals surface area contributed by atoms with Crippen molar-refractivity contribution < 1.29 is 18.8 Å². The molecule has 0 bridgehead atoms. The van der Waals surface area contributed by atoms with E-state index < -0.39 is 0 Å². The molecule has 0 spiro atoms. The summed E-state index contributed by atoms with van der Waals surface area (Å²) in [6.45, 7) is 2.98. The third kappa shape index (κ3) is 3.30. The number of H-pyrrole nitrogens is 1. The molecule has 1 saturated heterocycles. The first kappa shape index (κ1) is 16.7. The van der Waals surface area contributed by atoms with E-state index in [1.54, 1.807) is 7.11 Å². The van der Waals surface area contributed by atoms with E-state index in [2.05, 4.69) is 15.5 Å². The lowest BCUT2D eigenvalue weighted by Gasteiger charge is -2.17. The number of aryl methyl sites for hydroxylation is 1. The zero-order chi connectivity index (χ0) is 18.1. The first-order chi connectivity index (χ1) is 12.6. The molecule has 2 aromatic heterocycles. The van der Waals surface area contributed by atoms with Crippen LogP contribution in [0, 0.1) is 12.8 Å². The molecule has 7 heteroatoms. The van der Waals surface area contributed by atoms with Gasteiger partial charge in [-0.05, 0) is 31.2 Å². The molecule has 0 unspecified atom stereocenters. The maximum Gasteiger partial charge on any atom is 0.268 e. The molecule has 2 atom stereocenters. The van der Waals surface area contributed by atoms with E-state index in [1.165, 1.54) is 0 Å². The summed E-state index contributed by atoms with van der Waals surface area (Å²) >= 11 is 0. The standard InChI is InChI=1S/C19H21N3O4/c1-11-5-15(26-22-11)7-13-9-25-10-18(13)21-19(23)17-8-12-6-14(24-2)3-4-16(12)20-17/h3-6,8,13,18,20H,7,9-10H2,1-2H3,(H,21,23)/t13-,18+/m1/s1. The highest BCUT2D eigenvalue weighted by Gasteiger charge is 2.31. The van der Waals surface area contributed by atoms with Crippen LogP contribution in [0.15, 0.2) is 34.9 Å². The largest absolute Gasteiger partial charge is 0.497 e. The molecule has 0 aliphatic carbocycles. The fourth-order valence-electron chi connectivity index (χ4n) is 3.34. The van der Waals surface area contributed by atoms with Crippen molar-refractivity contribution in [3.05, 3.63) is 47.5 Å². The van der Waals surface area contributed by atoms with Crippen molar-refractivity contribution in [2.24, 2.45) is 5.92 Å². The van der Waals surface area contributed by atoms with Crippen molar-refractivity contribution >= 4 is 16.8 Å². The van der Waals surface area contributed by atoms with Gasteiger partial charge in [0.1, 0.15) is 17.2 Å². The van der Waals surface area contributed by atoms with Crippen LogP contribution in [0.1, 0.15) is 21.9 Å². The lowest BCUT2D eigenvalue weighted by molar-refractivity contribution is 0.0920. The van der Waals surface area contributed by atoms with Crippen LogP contribution in [0.25, 0.3) is 10.9 Å². The molecule has 0 radical (unpaired) electrons. The molecule has 7 nitrogen and oxygen atoms in total. The zero-order valence-electron chi connectivity index (χ0n) is 14.7. The average Bonchev–Trinajstić information content (AvgIpc) is 3.35. The predicted octanol–water partition coefficient (Wildman–Crippen LogP) is 2.46. The van der Waals surface area contributed by atoms with Crippen LogP contribution in [-0.4, -0.2) is 42.4 Å². The number of hydrogen-bond donors (Lipinski definition) is 2. The van der Waals surface area contributed by atoms with Crippen molar-refractivity contribution in [1.29, 1.82) is 0 Å². The summed E-state index contributed by atoms with van der Waals surface area (Å²) in [5.41, 5.74) is 2.27. The third-order valence-electron chi connectivity index (χ3n) is 4.73. The maximum absolute atomic E-state index is 12.7.